The van der Waals surface area contributed by atoms with Gasteiger partial charge in [0.2, 0.25) is 5.91 Å². The molecule has 0 aromatic carbocycles. The van der Waals surface area contributed by atoms with Crippen molar-refractivity contribution in [1.29, 1.82) is 0 Å². The Morgan fingerprint density at radius 1 is 1.60 bits per heavy atom. The zero-order chi connectivity index (χ0) is 11.1. The van der Waals surface area contributed by atoms with Gasteiger partial charge in [0.15, 0.2) is 0 Å². The third kappa shape index (κ3) is 4.18. The number of rotatable bonds is 5. The highest BCUT2D eigenvalue weighted by Gasteiger charge is 2.22. The third-order valence-corrected chi connectivity index (χ3v) is 2.79. The van der Waals surface area contributed by atoms with E-state index in [-0.39, 0.29) is 5.91 Å². The van der Waals surface area contributed by atoms with Gasteiger partial charge in [0.05, 0.1) is 13.0 Å². The van der Waals surface area contributed by atoms with Crippen molar-refractivity contribution in [1.82, 2.24) is 10.2 Å². The van der Waals surface area contributed by atoms with Crippen molar-refractivity contribution < 1.29 is 9.53 Å². The molecule has 0 spiro atoms. The van der Waals surface area contributed by atoms with E-state index in [4.69, 9.17) is 4.74 Å². The van der Waals surface area contributed by atoms with Crippen LogP contribution >= 0.6 is 0 Å². The summed E-state index contributed by atoms with van der Waals surface area (Å²) < 4.78 is 4.91. The molecule has 1 saturated heterocycles. The summed E-state index contributed by atoms with van der Waals surface area (Å²) >= 11 is 0. The number of likely N-dealkylation sites (N-methyl/N-ethyl adjacent to an activating group) is 1. The molecule has 15 heavy (non-hydrogen) atoms. The quantitative estimate of drug-likeness (QED) is 0.729. The number of hydrogen-bond donors (Lipinski definition) is 1. The summed E-state index contributed by atoms with van der Waals surface area (Å²) in [6.07, 6.45) is 2.80. The standard InChI is InChI=1S/C11H22N2O2/c1-3-12-10-5-4-7-13(9-10)11(14)6-8-15-2/h10,12H,3-9H2,1-2H3. The SMILES string of the molecule is CCNC1CCCN(C(=O)CCOC)C1. The first-order valence-corrected chi connectivity index (χ1v) is 5.78. The number of nitrogens with one attached hydrogen (secondary N) is 1. The molecule has 1 aliphatic rings. The molecule has 1 fully saturated rings. The van der Waals surface area contributed by atoms with Gasteiger partial charge in [0, 0.05) is 26.2 Å². The number of nitrogens with zero attached hydrogens (tertiary/aromatic N) is 1. The zero-order valence-corrected chi connectivity index (χ0v) is 9.79. The molecule has 1 amide bonds. The van der Waals surface area contributed by atoms with Gasteiger partial charge in [-0.1, -0.05) is 6.92 Å². The second-order valence-electron chi connectivity index (χ2n) is 3.98. The Morgan fingerprint density at radius 2 is 2.40 bits per heavy atom. The van der Waals surface area contributed by atoms with Gasteiger partial charge in [-0.3, -0.25) is 4.79 Å². The molecule has 0 saturated carbocycles. The zero-order valence-electron chi connectivity index (χ0n) is 9.79. The summed E-state index contributed by atoms with van der Waals surface area (Å²) in [6.45, 7) is 5.37. The largest absolute Gasteiger partial charge is 0.384 e. The van der Waals surface area contributed by atoms with Crippen LogP contribution in [0.2, 0.25) is 0 Å². The van der Waals surface area contributed by atoms with Crippen molar-refractivity contribution in [3.8, 4) is 0 Å². The van der Waals surface area contributed by atoms with E-state index in [1.807, 2.05) is 4.90 Å². The Bertz CT molecular complexity index is 195. The lowest BCUT2D eigenvalue weighted by molar-refractivity contribution is -0.133. The number of piperidine rings is 1. The molecule has 88 valence electrons. The van der Waals surface area contributed by atoms with E-state index in [2.05, 4.69) is 12.2 Å². The molecule has 4 nitrogen and oxygen atoms in total. The van der Waals surface area contributed by atoms with Gasteiger partial charge in [-0.05, 0) is 19.4 Å². The number of carbonyl (C=O) groups excluding carboxylic acids is 1. The Hall–Kier alpha value is -0.610. The van der Waals surface area contributed by atoms with Gasteiger partial charge >= 0.3 is 0 Å². The van der Waals surface area contributed by atoms with Gasteiger partial charge < -0.3 is 15.0 Å². The second kappa shape index (κ2) is 6.80. The van der Waals surface area contributed by atoms with Crippen molar-refractivity contribution in [3.05, 3.63) is 0 Å². The van der Waals surface area contributed by atoms with E-state index in [0.29, 0.717) is 19.1 Å². The molecule has 1 atom stereocenters. The highest BCUT2D eigenvalue weighted by atomic mass is 16.5. The Labute approximate surface area is 92.0 Å². The maximum absolute atomic E-state index is 11.7. The molecule has 1 heterocycles. The third-order valence-electron chi connectivity index (χ3n) is 2.79. The predicted octanol–water partition coefficient (Wildman–Crippen LogP) is 0.623. The van der Waals surface area contributed by atoms with Crippen LogP contribution in [-0.2, 0) is 9.53 Å². The smallest absolute Gasteiger partial charge is 0.224 e. The van der Waals surface area contributed by atoms with E-state index in [0.717, 1.165) is 26.1 Å². The van der Waals surface area contributed by atoms with Crippen LogP contribution in [-0.4, -0.2) is 50.2 Å². The van der Waals surface area contributed by atoms with Gasteiger partial charge in [-0.15, -0.1) is 0 Å². The van der Waals surface area contributed by atoms with Crippen LogP contribution in [0.25, 0.3) is 0 Å². The Balaban J connectivity index is 2.31. The van der Waals surface area contributed by atoms with Crippen LogP contribution in [0.3, 0.4) is 0 Å². The highest BCUT2D eigenvalue weighted by molar-refractivity contribution is 5.76. The van der Waals surface area contributed by atoms with Gasteiger partial charge in [-0.25, -0.2) is 0 Å². The molecule has 0 aromatic heterocycles. The minimum absolute atomic E-state index is 0.222. The monoisotopic (exact) mass is 214 g/mol. The number of amides is 1. The average Bonchev–Trinajstić information content (AvgIpc) is 2.27. The van der Waals surface area contributed by atoms with Crippen molar-refractivity contribution >= 4 is 5.91 Å². The lowest BCUT2D eigenvalue weighted by Crippen LogP contribution is -2.48. The molecular formula is C11H22N2O2. The van der Waals surface area contributed by atoms with Gasteiger partial charge in [0.25, 0.3) is 0 Å². The van der Waals surface area contributed by atoms with Crippen molar-refractivity contribution in [2.24, 2.45) is 0 Å². The molecule has 1 unspecified atom stereocenters. The van der Waals surface area contributed by atoms with E-state index in [1.54, 1.807) is 7.11 Å². The fourth-order valence-electron chi connectivity index (χ4n) is 2.01. The molecular weight excluding hydrogens is 192 g/mol. The number of carbonyl (C=O) groups is 1. The predicted molar refractivity (Wildman–Crippen MR) is 59.8 cm³/mol. The lowest BCUT2D eigenvalue weighted by atomic mass is 10.1. The maximum atomic E-state index is 11.7. The average molecular weight is 214 g/mol. The van der Waals surface area contributed by atoms with Crippen LogP contribution in [0.1, 0.15) is 26.2 Å². The Kier molecular flexibility index (Phi) is 5.65. The lowest BCUT2D eigenvalue weighted by Gasteiger charge is -2.33. The first kappa shape index (κ1) is 12.5. The topological polar surface area (TPSA) is 41.6 Å². The highest BCUT2D eigenvalue weighted by Crippen LogP contribution is 2.11. The molecule has 1 aliphatic heterocycles. The van der Waals surface area contributed by atoms with E-state index in [9.17, 15) is 4.79 Å². The van der Waals surface area contributed by atoms with Crippen LogP contribution in [0.15, 0.2) is 0 Å². The minimum atomic E-state index is 0.222. The molecule has 1 N–H and O–H groups in total. The molecule has 0 bridgehead atoms. The molecule has 1 rings (SSSR count). The van der Waals surface area contributed by atoms with Crippen molar-refractivity contribution in [2.75, 3.05) is 33.4 Å². The summed E-state index contributed by atoms with van der Waals surface area (Å²) in [5, 5.41) is 3.40. The van der Waals surface area contributed by atoms with E-state index in [1.165, 1.54) is 6.42 Å². The summed E-state index contributed by atoms with van der Waals surface area (Å²) in [5.74, 6) is 0.222. The minimum Gasteiger partial charge on any atom is -0.384 e. The summed E-state index contributed by atoms with van der Waals surface area (Å²) in [4.78, 5) is 13.7. The van der Waals surface area contributed by atoms with Gasteiger partial charge in [0.1, 0.15) is 0 Å². The number of likely N-dealkylation sites (tertiary alicyclic amines) is 1. The first-order valence-electron chi connectivity index (χ1n) is 5.78. The van der Waals surface area contributed by atoms with Crippen LogP contribution in [0, 0.1) is 0 Å². The number of hydrogen-bond acceptors (Lipinski definition) is 3. The number of methoxy groups -OCH3 is 1. The second-order valence-corrected chi connectivity index (χ2v) is 3.98. The fraction of sp³-hybridized carbons (Fsp3) is 0.909. The summed E-state index contributed by atoms with van der Waals surface area (Å²) in [6, 6.07) is 0.482. The molecule has 0 aromatic rings. The van der Waals surface area contributed by atoms with Gasteiger partial charge in [-0.2, -0.15) is 0 Å². The first-order chi connectivity index (χ1) is 7.27. The van der Waals surface area contributed by atoms with Crippen LogP contribution < -0.4 is 5.32 Å². The van der Waals surface area contributed by atoms with Crippen molar-refractivity contribution in [2.45, 2.75) is 32.2 Å². The summed E-state index contributed by atoms with van der Waals surface area (Å²) in [5.41, 5.74) is 0. The van der Waals surface area contributed by atoms with Crippen LogP contribution in [0.4, 0.5) is 0 Å². The fourth-order valence-corrected chi connectivity index (χ4v) is 2.01. The van der Waals surface area contributed by atoms with E-state index < -0.39 is 0 Å². The molecule has 0 aliphatic carbocycles. The normalized spacial score (nSPS) is 21.7. The summed E-state index contributed by atoms with van der Waals surface area (Å²) in [7, 11) is 1.63. The number of ether oxygens (including phenoxy) is 1. The molecule has 4 heteroatoms. The van der Waals surface area contributed by atoms with Crippen molar-refractivity contribution in [3.63, 3.8) is 0 Å². The Morgan fingerprint density at radius 3 is 3.07 bits per heavy atom. The molecule has 0 radical (unpaired) electrons. The van der Waals surface area contributed by atoms with Crippen LogP contribution in [0.5, 0.6) is 0 Å². The van der Waals surface area contributed by atoms with E-state index >= 15 is 0 Å². The maximum Gasteiger partial charge on any atom is 0.224 e.